The van der Waals surface area contributed by atoms with E-state index in [-0.39, 0.29) is 6.04 Å². The minimum absolute atomic E-state index is 0.270. The van der Waals surface area contributed by atoms with Gasteiger partial charge >= 0.3 is 0 Å². The van der Waals surface area contributed by atoms with Crippen molar-refractivity contribution in [1.82, 2.24) is 5.32 Å². The van der Waals surface area contributed by atoms with Crippen molar-refractivity contribution in [2.75, 3.05) is 14.2 Å². The minimum atomic E-state index is 0.270. The lowest BCUT2D eigenvalue weighted by Crippen LogP contribution is -2.36. The third kappa shape index (κ3) is 4.16. The normalized spacial score (nSPS) is 11.5. The summed E-state index contributed by atoms with van der Waals surface area (Å²) in [6, 6.07) is 5.90. The third-order valence-corrected chi connectivity index (χ3v) is 2.35. The van der Waals surface area contributed by atoms with Gasteiger partial charge < -0.3 is 20.5 Å². The minimum Gasteiger partial charge on any atom is -0.497 e. The highest BCUT2D eigenvalue weighted by atomic mass is 16.5. The van der Waals surface area contributed by atoms with Crippen molar-refractivity contribution in [3.05, 3.63) is 23.8 Å². The number of nitrogens with zero attached hydrogens (tertiary/aromatic N) is 1. The fourth-order valence-electron chi connectivity index (χ4n) is 1.49. The Morgan fingerprint density at radius 2 is 2.06 bits per heavy atom. The van der Waals surface area contributed by atoms with Gasteiger partial charge in [0, 0.05) is 17.7 Å². The summed E-state index contributed by atoms with van der Waals surface area (Å²) in [4.78, 5) is 4.26. The average Bonchev–Trinajstić information content (AvgIpc) is 2.35. The second-order valence-corrected chi connectivity index (χ2v) is 4.18. The van der Waals surface area contributed by atoms with Crippen molar-refractivity contribution in [1.29, 1.82) is 0 Å². The van der Waals surface area contributed by atoms with Crippen molar-refractivity contribution in [3.8, 4) is 11.5 Å². The number of benzene rings is 1. The molecule has 1 aromatic rings. The fourth-order valence-corrected chi connectivity index (χ4v) is 1.49. The number of ether oxygens (including phenoxy) is 2. The molecule has 0 unspecified atom stereocenters. The molecule has 0 saturated heterocycles. The van der Waals surface area contributed by atoms with Crippen LogP contribution in [-0.4, -0.2) is 26.2 Å². The van der Waals surface area contributed by atoms with Gasteiger partial charge in [0.2, 0.25) is 0 Å². The van der Waals surface area contributed by atoms with Gasteiger partial charge in [0.05, 0.1) is 20.8 Å². The van der Waals surface area contributed by atoms with Crippen LogP contribution >= 0.6 is 0 Å². The Hall–Kier alpha value is -1.91. The molecule has 5 heteroatoms. The molecular formula is C13H21N3O2. The number of methoxy groups -OCH3 is 2. The molecule has 1 rings (SSSR count). The first-order valence-corrected chi connectivity index (χ1v) is 5.84. The summed E-state index contributed by atoms with van der Waals surface area (Å²) in [5.74, 6) is 1.94. The zero-order valence-corrected chi connectivity index (χ0v) is 11.4. The summed E-state index contributed by atoms with van der Waals surface area (Å²) >= 11 is 0. The third-order valence-electron chi connectivity index (χ3n) is 2.35. The standard InChI is InChI=1S/C13H21N3O2/c1-9(2)16-13(14)15-8-10-5-6-11(17-3)7-12(10)18-4/h5-7,9H,8H2,1-4H3,(H3,14,15,16). The molecule has 0 aliphatic rings. The van der Waals surface area contributed by atoms with E-state index in [4.69, 9.17) is 15.2 Å². The summed E-state index contributed by atoms with van der Waals surface area (Å²) < 4.78 is 10.4. The van der Waals surface area contributed by atoms with Gasteiger partial charge in [0.25, 0.3) is 0 Å². The highest BCUT2D eigenvalue weighted by Crippen LogP contribution is 2.24. The molecule has 0 saturated carbocycles. The molecule has 0 atom stereocenters. The number of aliphatic imine (C=N–C) groups is 1. The van der Waals surface area contributed by atoms with E-state index in [0.29, 0.717) is 12.5 Å². The molecule has 0 fully saturated rings. The van der Waals surface area contributed by atoms with Crippen LogP contribution in [0.1, 0.15) is 19.4 Å². The van der Waals surface area contributed by atoms with E-state index in [1.807, 2.05) is 32.0 Å². The molecule has 0 aliphatic heterocycles. The van der Waals surface area contributed by atoms with Gasteiger partial charge in [-0.05, 0) is 26.0 Å². The molecule has 0 spiro atoms. The van der Waals surface area contributed by atoms with Crippen molar-refractivity contribution in [3.63, 3.8) is 0 Å². The van der Waals surface area contributed by atoms with Crippen LogP contribution in [-0.2, 0) is 6.54 Å². The van der Waals surface area contributed by atoms with Crippen LogP contribution in [0, 0.1) is 0 Å². The number of nitrogens with one attached hydrogen (secondary N) is 1. The monoisotopic (exact) mass is 251 g/mol. The maximum Gasteiger partial charge on any atom is 0.189 e. The summed E-state index contributed by atoms with van der Waals surface area (Å²) in [7, 11) is 3.24. The average molecular weight is 251 g/mol. The fraction of sp³-hybridized carbons (Fsp3) is 0.462. The Morgan fingerprint density at radius 1 is 1.33 bits per heavy atom. The van der Waals surface area contributed by atoms with Crippen molar-refractivity contribution >= 4 is 5.96 Å². The lowest BCUT2D eigenvalue weighted by molar-refractivity contribution is 0.391. The maximum absolute atomic E-state index is 5.74. The molecule has 0 radical (unpaired) electrons. The Labute approximate surface area is 108 Å². The predicted octanol–water partition coefficient (Wildman–Crippen LogP) is 1.52. The second-order valence-electron chi connectivity index (χ2n) is 4.18. The van der Waals surface area contributed by atoms with Gasteiger partial charge in [0.15, 0.2) is 5.96 Å². The molecule has 0 amide bonds. The zero-order chi connectivity index (χ0) is 13.5. The van der Waals surface area contributed by atoms with E-state index in [1.165, 1.54) is 0 Å². The molecule has 0 bridgehead atoms. The first-order chi connectivity index (χ1) is 8.56. The highest BCUT2D eigenvalue weighted by Gasteiger charge is 2.04. The van der Waals surface area contributed by atoms with Crippen LogP contribution < -0.4 is 20.5 Å². The maximum atomic E-state index is 5.74. The first-order valence-electron chi connectivity index (χ1n) is 5.84. The predicted molar refractivity (Wildman–Crippen MR) is 73.1 cm³/mol. The molecular weight excluding hydrogens is 230 g/mol. The number of hydrogen-bond donors (Lipinski definition) is 2. The first kappa shape index (κ1) is 14.2. The van der Waals surface area contributed by atoms with Crippen molar-refractivity contribution < 1.29 is 9.47 Å². The van der Waals surface area contributed by atoms with Gasteiger partial charge in [-0.2, -0.15) is 0 Å². The SMILES string of the molecule is COc1ccc(CN=C(N)NC(C)C)c(OC)c1. The lowest BCUT2D eigenvalue weighted by atomic mass is 10.2. The summed E-state index contributed by atoms with van der Waals surface area (Å²) in [5.41, 5.74) is 6.71. The zero-order valence-electron chi connectivity index (χ0n) is 11.4. The van der Waals surface area contributed by atoms with Crippen LogP contribution in [0.4, 0.5) is 0 Å². The Morgan fingerprint density at radius 3 is 2.61 bits per heavy atom. The summed E-state index contributed by atoms with van der Waals surface area (Å²) in [5, 5.41) is 3.04. The van der Waals surface area contributed by atoms with Gasteiger partial charge in [0.1, 0.15) is 11.5 Å². The van der Waals surface area contributed by atoms with Gasteiger partial charge in [-0.3, -0.25) is 0 Å². The van der Waals surface area contributed by atoms with Crippen LogP contribution in [0.15, 0.2) is 23.2 Å². The Bertz CT molecular complexity index is 417. The van der Waals surface area contributed by atoms with Gasteiger partial charge in [-0.1, -0.05) is 0 Å². The van der Waals surface area contributed by atoms with E-state index in [0.717, 1.165) is 17.1 Å². The van der Waals surface area contributed by atoms with E-state index < -0.39 is 0 Å². The number of hydrogen-bond acceptors (Lipinski definition) is 3. The van der Waals surface area contributed by atoms with Crippen LogP contribution in [0.2, 0.25) is 0 Å². The number of guanidine groups is 1. The van der Waals surface area contributed by atoms with Crippen LogP contribution in [0.25, 0.3) is 0 Å². The quantitative estimate of drug-likeness (QED) is 0.615. The van der Waals surface area contributed by atoms with Gasteiger partial charge in [-0.15, -0.1) is 0 Å². The van der Waals surface area contributed by atoms with Crippen molar-refractivity contribution in [2.45, 2.75) is 26.4 Å². The molecule has 0 aliphatic carbocycles. The summed E-state index contributed by atoms with van der Waals surface area (Å²) in [6.45, 7) is 4.49. The van der Waals surface area contributed by atoms with E-state index in [2.05, 4.69) is 10.3 Å². The van der Waals surface area contributed by atoms with Crippen molar-refractivity contribution in [2.24, 2.45) is 10.7 Å². The molecule has 0 heterocycles. The molecule has 3 N–H and O–H groups in total. The van der Waals surface area contributed by atoms with Gasteiger partial charge in [-0.25, -0.2) is 4.99 Å². The lowest BCUT2D eigenvalue weighted by Gasteiger charge is -2.11. The molecule has 1 aromatic carbocycles. The summed E-state index contributed by atoms with van der Waals surface area (Å²) in [6.07, 6.45) is 0. The molecule has 5 nitrogen and oxygen atoms in total. The Kier molecular flexibility index (Phi) is 5.30. The second kappa shape index (κ2) is 6.74. The number of nitrogens with two attached hydrogens (primary N) is 1. The van der Waals surface area contributed by atoms with E-state index in [1.54, 1.807) is 14.2 Å². The topological polar surface area (TPSA) is 68.9 Å². The number of rotatable bonds is 5. The molecule has 18 heavy (non-hydrogen) atoms. The van der Waals surface area contributed by atoms with Crippen LogP contribution in [0.3, 0.4) is 0 Å². The largest absolute Gasteiger partial charge is 0.497 e. The van der Waals surface area contributed by atoms with Crippen LogP contribution in [0.5, 0.6) is 11.5 Å². The van der Waals surface area contributed by atoms with E-state index in [9.17, 15) is 0 Å². The van der Waals surface area contributed by atoms with E-state index >= 15 is 0 Å². The molecule has 0 aromatic heterocycles. The highest BCUT2D eigenvalue weighted by molar-refractivity contribution is 5.78. The Balaban J connectivity index is 2.78. The molecule has 100 valence electrons. The smallest absolute Gasteiger partial charge is 0.189 e.